The molecule has 5 N–H and O–H groups in total. The Hall–Kier alpha value is -4.93. The zero-order valence-corrected chi connectivity index (χ0v) is 19.5. The zero-order chi connectivity index (χ0) is 25.7. The van der Waals surface area contributed by atoms with Crippen LogP contribution in [0.3, 0.4) is 0 Å². The lowest BCUT2D eigenvalue weighted by atomic mass is 10.1. The molecule has 1 amide bonds. The van der Waals surface area contributed by atoms with Crippen LogP contribution in [0.15, 0.2) is 72.0 Å². The van der Waals surface area contributed by atoms with E-state index in [4.69, 9.17) is 16.0 Å². The topological polar surface area (TPSA) is 159 Å². The second-order valence-corrected chi connectivity index (χ2v) is 8.00. The molecule has 4 rings (SSSR count). The van der Waals surface area contributed by atoms with Gasteiger partial charge in [0.15, 0.2) is 5.84 Å². The molecule has 2 heterocycles. The fourth-order valence-corrected chi connectivity index (χ4v) is 3.74. The van der Waals surface area contributed by atoms with Crippen molar-refractivity contribution in [2.75, 3.05) is 16.8 Å². The minimum Gasteiger partial charge on any atom is -0.481 e. The maximum absolute atomic E-state index is 13.3. The first-order valence-electron chi connectivity index (χ1n) is 11.1. The van der Waals surface area contributed by atoms with E-state index in [1.54, 1.807) is 48.7 Å². The number of benzene rings is 2. The predicted molar refractivity (Wildman–Crippen MR) is 135 cm³/mol. The number of nitrogens with one attached hydrogen (secondary N) is 1. The monoisotopic (exact) mass is 487 g/mol. The molecular formula is C25H25N7O4. The average molecular weight is 488 g/mol. The fraction of sp³-hybridized carbons (Fsp3) is 0.160. The molecule has 0 unspecified atom stereocenters. The van der Waals surface area contributed by atoms with Crippen LogP contribution >= 0.6 is 0 Å². The van der Waals surface area contributed by atoms with Gasteiger partial charge in [-0.2, -0.15) is 0 Å². The van der Waals surface area contributed by atoms with E-state index in [0.29, 0.717) is 29.0 Å². The summed E-state index contributed by atoms with van der Waals surface area (Å²) in [6, 6.07) is 17.5. The molecule has 0 atom stereocenters. The number of carboxylic acid groups (broad SMARTS) is 1. The Morgan fingerprint density at radius 1 is 1.11 bits per heavy atom. The van der Waals surface area contributed by atoms with Crippen LogP contribution in [0.1, 0.15) is 28.2 Å². The first-order chi connectivity index (χ1) is 17.4. The van der Waals surface area contributed by atoms with Crippen LogP contribution in [0, 0.1) is 0 Å². The summed E-state index contributed by atoms with van der Waals surface area (Å²) in [4.78, 5) is 34.7. The molecular weight excluding hydrogens is 462 g/mol. The van der Waals surface area contributed by atoms with Crippen molar-refractivity contribution in [3.8, 4) is 0 Å². The number of rotatable bonds is 9. The number of carboxylic acids is 1. The third-order valence-electron chi connectivity index (χ3n) is 5.68. The van der Waals surface area contributed by atoms with Gasteiger partial charge in [0.05, 0.1) is 24.0 Å². The second kappa shape index (κ2) is 10.6. The van der Waals surface area contributed by atoms with Crippen LogP contribution in [-0.2, 0) is 18.4 Å². The number of aryl methyl sites for hydroxylation is 1. The number of oxime groups is 1. The van der Waals surface area contributed by atoms with Crippen molar-refractivity contribution in [1.29, 1.82) is 0 Å². The van der Waals surface area contributed by atoms with Crippen molar-refractivity contribution in [3.05, 3.63) is 83.8 Å². The molecule has 0 spiro atoms. The van der Waals surface area contributed by atoms with Gasteiger partial charge >= 0.3 is 5.97 Å². The number of carbonyl (C=O) groups excluding carboxylic acids is 1. The van der Waals surface area contributed by atoms with E-state index in [0.717, 1.165) is 17.0 Å². The first-order valence-corrected chi connectivity index (χ1v) is 11.1. The molecule has 0 fully saturated rings. The number of anilines is 2. The summed E-state index contributed by atoms with van der Waals surface area (Å²) in [7, 11) is 1.89. The number of nitrogens with zero attached hydrogens (tertiary/aromatic N) is 5. The minimum atomic E-state index is -0.999. The Bertz CT molecular complexity index is 1420. The summed E-state index contributed by atoms with van der Waals surface area (Å²) in [5.74, 6) is -0.184. The second-order valence-electron chi connectivity index (χ2n) is 8.00. The maximum atomic E-state index is 13.3. The van der Waals surface area contributed by atoms with Crippen LogP contribution < -0.4 is 16.0 Å². The molecule has 0 bridgehead atoms. The van der Waals surface area contributed by atoms with Crippen molar-refractivity contribution in [3.63, 3.8) is 0 Å². The van der Waals surface area contributed by atoms with E-state index in [-0.39, 0.29) is 24.7 Å². The van der Waals surface area contributed by atoms with Gasteiger partial charge in [-0.05, 0) is 54.6 Å². The normalized spacial score (nSPS) is 11.4. The highest BCUT2D eigenvalue weighted by Crippen LogP contribution is 2.21. The van der Waals surface area contributed by atoms with Gasteiger partial charge in [-0.3, -0.25) is 14.5 Å². The number of imidazole rings is 1. The molecule has 36 heavy (non-hydrogen) atoms. The highest BCUT2D eigenvalue weighted by molar-refractivity contribution is 6.07. The van der Waals surface area contributed by atoms with Crippen LogP contribution in [-0.4, -0.2) is 49.1 Å². The third-order valence-corrected chi connectivity index (χ3v) is 5.68. The van der Waals surface area contributed by atoms with Crippen molar-refractivity contribution in [2.45, 2.75) is 13.0 Å². The number of nitrogens with two attached hydrogens (primary N) is 1. The lowest BCUT2D eigenvalue weighted by Crippen LogP contribution is -2.33. The fourth-order valence-electron chi connectivity index (χ4n) is 3.74. The van der Waals surface area contributed by atoms with Gasteiger partial charge < -0.3 is 25.9 Å². The Balaban J connectivity index is 1.55. The molecule has 0 aliphatic heterocycles. The summed E-state index contributed by atoms with van der Waals surface area (Å²) >= 11 is 0. The SMILES string of the molecule is Cn1c(CNc2ccc(/C(N)=N/O)cc2)nc2cc(C(=O)N(CCC(=O)O)c3ccccn3)ccc21. The third kappa shape index (κ3) is 5.25. The Morgan fingerprint density at radius 3 is 2.53 bits per heavy atom. The molecule has 0 aliphatic rings. The number of aliphatic carboxylic acids is 1. The molecule has 0 radical (unpaired) electrons. The summed E-state index contributed by atoms with van der Waals surface area (Å²) in [6.07, 6.45) is 1.35. The molecule has 11 heteroatoms. The number of aromatic nitrogens is 3. The van der Waals surface area contributed by atoms with Gasteiger partial charge in [0.2, 0.25) is 0 Å². The highest BCUT2D eigenvalue weighted by atomic mass is 16.4. The molecule has 0 aliphatic carbocycles. The van der Waals surface area contributed by atoms with Crippen LogP contribution in [0.25, 0.3) is 11.0 Å². The summed E-state index contributed by atoms with van der Waals surface area (Å²) < 4.78 is 1.93. The Kier molecular flexibility index (Phi) is 7.10. The number of hydrogen-bond acceptors (Lipinski definition) is 7. The van der Waals surface area contributed by atoms with E-state index >= 15 is 0 Å². The number of pyridine rings is 1. The van der Waals surface area contributed by atoms with E-state index < -0.39 is 5.97 Å². The lowest BCUT2D eigenvalue weighted by molar-refractivity contribution is -0.136. The number of hydrogen-bond donors (Lipinski definition) is 4. The van der Waals surface area contributed by atoms with Crippen molar-refractivity contribution < 1.29 is 19.9 Å². The van der Waals surface area contributed by atoms with Crippen molar-refractivity contribution in [2.24, 2.45) is 17.9 Å². The number of carbonyl (C=O) groups is 2. The Labute approximate surface area is 206 Å². The standard InChI is InChI=1S/C25H25N7O4/c1-31-20-10-7-17(25(35)32(13-11-23(33)34)21-4-2-3-12-27-21)14-19(20)29-22(31)15-28-18-8-5-16(6-9-18)24(26)30-36/h2-10,12,14,28,36H,11,13,15H2,1H3,(H2,26,30)(H,33,34). The first kappa shape index (κ1) is 24.2. The average Bonchev–Trinajstić information content (AvgIpc) is 3.22. The smallest absolute Gasteiger partial charge is 0.305 e. The Morgan fingerprint density at radius 2 is 1.86 bits per heavy atom. The van der Waals surface area contributed by atoms with Crippen molar-refractivity contribution >= 4 is 40.3 Å². The molecule has 0 saturated heterocycles. The molecule has 2 aromatic heterocycles. The van der Waals surface area contributed by atoms with Crippen molar-refractivity contribution in [1.82, 2.24) is 14.5 Å². The largest absolute Gasteiger partial charge is 0.481 e. The summed E-state index contributed by atoms with van der Waals surface area (Å²) in [5, 5.41) is 24.2. The van der Waals surface area contributed by atoms with Gasteiger partial charge in [-0.1, -0.05) is 11.2 Å². The number of fused-ring (bicyclic) bond motifs is 1. The molecule has 4 aromatic rings. The molecule has 184 valence electrons. The van der Waals surface area contributed by atoms with Gasteiger partial charge in [-0.15, -0.1) is 0 Å². The van der Waals surface area contributed by atoms with E-state index in [1.807, 2.05) is 29.8 Å². The van der Waals surface area contributed by atoms with Gasteiger partial charge in [0.25, 0.3) is 5.91 Å². The number of amides is 1. The number of amidine groups is 1. The van der Waals surface area contributed by atoms with E-state index in [9.17, 15) is 9.59 Å². The molecule has 0 saturated carbocycles. The maximum Gasteiger partial charge on any atom is 0.305 e. The van der Waals surface area contributed by atoms with Gasteiger partial charge in [0.1, 0.15) is 11.6 Å². The summed E-state index contributed by atoms with van der Waals surface area (Å²) in [6.45, 7) is 0.422. The predicted octanol–water partition coefficient (Wildman–Crippen LogP) is 2.80. The van der Waals surface area contributed by atoms with Crippen LogP contribution in [0.2, 0.25) is 0 Å². The minimum absolute atomic E-state index is 0.00476. The summed E-state index contributed by atoms with van der Waals surface area (Å²) in [5.41, 5.74) is 8.90. The van der Waals surface area contributed by atoms with Crippen LogP contribution in [0.4, 0.5) is 11.5 Å². The molecule has 2 aromatic carbocycles. The zero-order valence-electron chi connectivity index (χ0n) is 19.5. The van der Waals surface area contributed by atoms with Crippen LogP contribution in [0.5, 0.6) is 0 Å². The van der Waals surface area contributed by atoms with E-state index in [2.05, 4.69) is 20.4 Å². The quantitative estimate of drug-likeness (QED) is 0.121. The lowest BCUT2D eigenvalue weighted by Gasteiger charge is -2.21. The highest BCUT2D eigenvalue weighted by Gasteiger charge is 2.21. The van der Waals surface area contributed by atoms with Gasteiger partial charge in [0, 0.05) is 36.6 Å². The van der Waals surface area contributed by atoms with E-state index in [1.165, 1.54) is 4.90 Å². The van der Waals surface area contributed by atoms with Gasteiger partial charge in [-0.25, -0.2) is 9.97 Å². The molecule has 11 nitrogen and oxygen atoms in total.